The number of carbonyl (C=O) groups is 1. The van der Waals surface area contributed by atoms with Gasteiger partial charge in [-0.2, -0.15) is 0 Å². The summed E-state index contributed by atoms with van der Waals surface area (Å²) in [5.41, 5.74) is 2.44. The fourth-order valence-electron chi connectivity index (χ4n) is 2.37. The summed E-state index contributed by atoms with van der Waals surface area (Å²) in [6.07, 6.45) is -0.361. The van der Waals surface area contributed by atoms with Crippen LogP contribution in [0.3, 0.4) is 0 Å². The van der Waals surface area contributed by atoms with Crippen LogP contribution in [0.15, 0.2) is 12.1 Å². The Bertz CT molecular complexity index is 488. The number of aryl methyl sites for hydroxylation is 1. The van der Waals surface area contributed by atoms with Gasteiger partial charge in [0.2, 0.25) is 0 Å². The van der Waals surface area contributed by atoms with Crippen LogP contribution >= 0.6 is 0 Å². The Labute approximate surface area is 112 Å². The van der Waals surface area contributed by atoms with E-state index in [1.165, 1.54) is 0 Å². The van der Waals surface area contributed by atoms with Gasteiger partial charge in [0.1, 0.15) is 5.75 Å². The standard InChI is InChI=1S/C13H17BO5/c1-4-18-12(15)7-11-13-8(2)5-9(17-3)6-10(13)14(16)19-11/h5-6,11,16H,4,7H2,1-3H3. The van der Waals surface area contributed by atoms with E-state index in [0.29, 0.717) is 17.8 Å². The lowest BCUT2D eigenvalue weighted by atomic mass is 9.77. The maximum atomic E-state index is 11.5. The van der Waals surface area contributed by atoms with Crippen molar-refractivity contribution in [3.8, 4) is 5.75 Å². The Morgan fingerprint density at radius 3 is 2.89 bits per heavy atom. The highest BCUT2D eigenvalue weighted by Crippen LogP contribution is 2.31. The molecule has 1 N–H and O–H groups in total. The third-order valence-electron chi connectivity index (χ3n) is 3.17. The first kappa shape index (κ1) is 13.9. The zero-order valence-electron chi connectivity index (χ0n) is 11.3. The molecule has 0 bridgehead atoms. The van der Waals surface area contributed by atoms with Crippen molar-refractivity contribution in [1.82, 2.24) is 0 Å². The summed E-state index contributed by atoms with van der Waals surface area (Å²) in [6, 6.07) is 3.59. The smallest absolute Gasteiger partial charge is 0.492 e. The van der Waals surface area contributed by atoms with Crippen LogP contribution in [-0.4, -0.2) is 31.8 Å². The molecule has 102 valence electrons. The fraction of sp³-hybridized carbons (Fsp3) is 0.462. The van der Waals surface area contributed by atoms with E-state index in [9.17, 15) is 9.82 Å². The van der Waals surface area contributed by atoms with Crippen molar-refractivity contribution in [1.29, 1.82) is 0 Å². The van der Waals surface area contributed by atoms with E-state index >= 15 is 0 Å². The summed E-state index contributed by atoms with van der Waals surface area (Å²) in [7, 11) is 0.544. The number of rotatable bonds is 4. The number of esters is 1. The molecule has 1 heterocycles. The van der Waals surface area contributed by atoms with Gasteiger partial charge in [0, 0.05) is 0 Å². The highest BCUT2D eigenvalue weighted by Gasteiger charge is 2.38. The molecule has 0 amide bonds. The van der Waals surface area contributed by atoms with Gasteiger partial charge in [-0.1, -0.05) is 0 Å². The summed E-state index contributed by atoms with van der Waals surface area (Å²) in [5, 5.41) is 9.91. The van der Waals surface area contributed by atoms with Crippen molar-refractivity contribution in [2.24, 2.45) is 0 Å². The maximum absolute atomic E-state index is 11.5. The zero-order chi connectivity index (χ0) is 14.0. The maximum Gasteiger partial charge on any atom is 0.492 e. The molecule has 1 aromatic rings. The molecule has 0 spiro atoms. The molecule has 5 nitrogen and oxygen atoms in total. The van der Waals surface area contributed by atoms with E-state index in [2.05, 4.69) is 0 Å². The molecule has 19 heavy (non-hydrogen) atoms. The second-order valence-electron chi connectivity index (χ2n) is 4.43. The number of benzene rings is 1. The molecule has 1 aliphatic rings. The highest BCUT2D eigenvalue weighted by atomic mass is 16.5. The molecule has 0 saturated carbocycles. The minimum absolute atomic E-state index is 0.102. The van der Waals surface area contributed by atoms with E-state index in [0.717, 1.165) is 11.1 Å². The monoisotopic (exact) mass is 264 g/mol. The van der Waals surface area contributed by atoms with Crippen molar-refractivity contribution in [2.75, 3.05) is 13.7 Å². The van der Waals surface area contributed by atoms with Gasteiger partial charge in [-0.25, -0.2) is 0 Å². The summed E-state index contributed by atoms with van der Waals surface area (Å²) in [4.78, 5) is 11.5. The molecule has 0 saturated heterocycles. The van der Waals surface area contributed by atoms with Crippen LogP contribution < -0.4 is 10.2 Å². The Balaban J connectivity index is 2.28. The van der Waals surface area contributed by atoms with Crippen LogP contribution in [0.1, 0.15) is 30.6 Å². The lowest BCUT2D eigenvalue weighted by molar-refractivity contribution is -0.145. The minimum atomic E-state index is -1.02. The van der Waals surface area contributed by atoms with Crippen LogP contribution in [-0.2, 0) is 14.2 Å². The van der Waals surface area contributed by atoms with Crippen LogP contribution in [0.4, 0.5) is 0 Å². The second kappa shape index (κ2) is 5.63. The number of carbonyl (C=O) groups excluding carboxylic acids is 1. The summed E-state index contributed by atoms with van der Waals surface area (Å²) in [6.45, 7) is 4.00. The van der Waals surface area contributed by atoms with Crippen LogP contribution in [0.2, 0.25) is 0 Å². The molecule has 1 atom stereocenters. The van der Waals surface area contributed by atoms with Gasteiger partial charge in [-0.05, 0) is 42.6 Å². The SMILES string of the molecule is CCOC(=O)CC1OB(O)c2cc(OC)cc(C)c21. The van der Waals surface area contributed by atoms with E-state index in [4.69, 9.17) is 14.1 Å². The van der Waals surface area contributed by atoms with E-state index in [1.54, 1.807) is 20.1 Å². The predicted octanol–water partition coefficient (Wildman–Crippen LogP) is 0.716. The third-order valence-corrected chi connectivity index (χ3v) is 3.17. The molecule has 0 aliphatic carbocycles. The molecule has 1 unspecified atom stereocenters. The molecular formula is C13H17BO5. The molecule has 6 heteroatoms. The number of hydrogen-bond acceptors (Lipinski definition) is 5. The van der Waals surface area contributed by atoms with Gasteiger partial charge in [-0.3, -0.25) is 4.79 Å². The lowest BCUT2D eigenvalue weighted by Gasteiger charge is -2.14. The number of ether oxygens (including phenoxy) is 2. The van der Waals surface area contributed by atoms with Crippen molar-refractivity contribution >= 4 is 18.6 Å². The van der Waals surface area contributed by atoms with Crippen LogP contribution in [0.25, 0.3) is 0 Å². The molecule has 0 aromatic heterocycles. The first-order chi connectivity index (χ1) is 9.06. The molecule has 1 aromatic carbocycles. The first-order valence-electron chi connectivity index (χ1n) is 6.24. The summed E-state index contributed by atoms with van der Waals surface area (Å²) < 4.78 is 15.5. The van der Waals surface area contributed by atoms with E-state index in [-0.39, 0.29) is 12.4 Å². The van der Waals surface area contributed by atoms with E-state index in [1.807, 2.05) is 13.0 Å². The largest absolute Gasteiger partial charge is 0.497 e. The fourth-order valence-corrected chi connectivity index (χ4v) is 2.37. The van der Waals surface area contributed by atoms with Crippen molar-refractivity contribution in [3.05, 3.63) is 23.3 Å². The summed E-state index contributed by atoms with van der Waals surface area (Å²) in [5.74, 6) is 0.332. The summed E-state index contributed by atoms with van der Waals surface area (Å²) >= 11 is 0. The van der Waals surface area contributed by atoms with E-state index < -0.39 is 13.2 Å². The van der Waals surface area contributed by atoms with Gasteiger partial charge < -0.3 is 19.2 Å². The van der Waals surface area contributed by atoms with Gasteiger partial charge in [0.25, 0.3) is 0 Å². The second-order valence-corrected chi connectivity index (χ2v) is 4.43. The Morgan fingerprint density at radius 1 is 1.53 bits per heavy atom. The quantitative estimate of drug-likeness (QED) is 0.641. The lowest BCUT2D eigenvalue weighted by Crippen LogP contribution is -2.28. The van der Waals surface area contributed by atoms with Gasteiger partial charge >= 0.3 is 13.1 Å². The van der Waals surface area contributed by atoms with Crippen LogP contribution in [0, 0.1) is 6.92 Å². The predicted molar refractivity (Wildman–Crippen MR) is 70.4 cm³/mol. The third kappa shape index (κ3) is 2.74. The number of fused-ring (bicyclic) bond motifs is 1. The first-order valence-corrected chi connectivity index (χ1v) is 6.24. The van der Waals surface area contributed by atoms with Crippen LogP contribution in [0.5, 0.6) is 5.75 Å². The molecular weight excluding hydrogens is 247 g/mol. The van der Waals surface area contributed by atoms with Crippen molar-refractivity contribution < 1.29 is 23.9 Å². The molecule has 0 fully saturated rings. The average molecular weight is 264 g/mol. The van der Waals surface area contributed by atoms with Crippen molar-refractivity contribution in [3.63, 3.8) is 0 Å². The average Bonchev–Trinajstić information content (AvgIpc) is 2.66. The highest BCUT2D eigenvalue weighted by molar-refractivity contribution is 6.62. The zero-order valence-corrected chi connectivity index (χ0v) is 11.3. The number of hydrogen-bond donors (Lipinski definition) is 1. The minimum Gasteiger partial charge on any atom is -0.497 e. The van der Waals surface area contributed by atoms with Crippen molar-refractivity contribution in [2.45, 2.75) is 26.4 Å². The molecule has 1 aliphatic heterocycles. The Kier molecular flexibility index (Phi) is 4.12. The van der Waals surface area contributed by atoms with Gasteiger partial charge in [-0.15, -0.1) is 0 Å². The number of methoxy groups -OCH3 is 1. The Morgan fingerprint density at radius 2 is 2.26 bits per heavy atom. The molecule has 0 radical (unpaired) electrons. The molecule has 2 rings (SSSR count). The Hall–Kier alpha value is -1.53. The normalized spacial score (nSPS) is 17.3. The van der Waals surface area contributed by atoms with Gasteiger partial charge in [0.05, 0.1) is 26.2 Å². The topological polar surface area (TPSA) is 65.0 Å². The van der Waals surface area contributed by atoms with Gasteiger partial charge in [0.15, 0.2) is 0 Å².